The van der Waals surface area contributed by atoms with Crippen molar-refractivity contribution in [2.24, 2.45) is 11.3 Å². The number of likely N-dealkylation sites (tertiary alicyclic amines) is 1. The van der Waals surface area contributed by atoms with Gasteiger partial charge in [0.05, 0.1) is 19.8 Å². The minimum atomic E-state index is -0.907. The van der Waals surface area contributed by atoms with Gasteiger partial charge < -0.3 is 19.5 Å². The number of ether oxygens (including phenoxy) is 2. The Kier molecular flexibility index (Phi) is 4.52. The lowest BCUT2D eigenvalue weighted by Gasteiger charge is -2.22. The number of para-hydroxylation sites is 1. The van der Waals surface area contributed by atoms with Crippen LogP contribution in [0.1, 0.15) is 12.8 Å². The monoisotopic (exact) mass is 319 g/mol. The van der Waals surface area contributed by atoms with E-state index >= 15 is 0 Å². The summed E-state index contributed by atoms with van der Waals surface area (Å²) >= 11 is 0. The van der Waals surface area contributed by atoms with Crippen molar-refractivity contribution >= 4 is 11.9 Å². The van der Waals surface area contributed by atoms with Gasteiger partial charge in [-0.15, -0.1) is 0 Å². The number of aliphatic carboxylic acids is 1. The van der Waals surface area contributed by atoms with Crippen LogP contribution in [0.5, 0.6) is 5.75 Å². The zero-order valence-corrected chi connectivity index (χ0v) is 12.9. The number of nitrogens with zero attached hydrogens (tertiary/aromatic N) is 1. The number of carboxylic acid groups (broad SMARTS) is 1. The quantitative estimate of drug-likeness (QED) is 0.802. The number of carboxylic acids is 1. The lowest BCUT2D eigenvalue weighted by molar-refractivity contribution is -0.149. The number of fused-ring (bicyclic) bond motifs is 1. The van der Waals surface area contributed by atoms with E-state index in [0.29, 0.717) is 32.6 Å². The number of carbonyl (C=O) groups is 2. The predicted molar refractivity (Wildman–Crippen MR) is 82.1 cm³/mol. The summed E-state index contributed by atoms with van der Waals surface area (Å²) in [5.74, 6) is -0.165. The summed E-state index contributed by atoms with van der Waals surface area (Å²) in [6.45, 7) is 1.83. The molecule has 3 rings (SSSR count). The van der Waals surface area contributed by atoms with Crippen LogP contribution < -0.4 is 4.74 Å². The molecule has 23 heavy (non-hydrogen) atoms. The highest BCUT2D eigenvalue weighted by molar-refractivity contribution is 5.81. The molecule has 0 unspecified atom stereocenters. The van der Waals surface area contributed by atoms with E-state index in [1.54, 1.807) is 4.90 Å². The van der Waals surface area contributed by atoms with Gasteiger partial charge >= 0.3 is 5.97 Å². The highest BCUT2D eigenvalue weighted by atomic mass is 16.5. The Balaban J connectivity index is 1.45. The van der Waals surface area contributed by atoms with Gasteiger partial charge in [0.25, 0.3) is 0 Å². The average molecular weight is 319 g/mol. The molecule has 2 atom stereocenters. The number of benzene rings is 1. The minimum Gasteiger partial charge on any atom is -0.494 e. The van der Waals surface area contributed by atoms with Crippen LogP contribution in [0.3, 0.4) is 0 Å². The van der Waals surface area contributed by atoms with Crippen LogP contribution >= 0.6 is 0 Å². The second kappa shape index (κ2) is 6.58. The average Bonchev–Trinajstić information content (AvgIpc) is 3.10. The molecule has 1 aromatic carbocycles. The van der Waals surface area contributed by atoms with E-state index in [0.717, 1.165) is 5.75 Å². The molecule has 2 saturated heterocycles. The molecule has 0 bridgehead atoms. The first-order chi connectivity index (χ1) is 11.1. The number of hydrogen-bond donors (Lipinski definition) is 1. The summed E-state index contributed by atoms with van der Waals surface area (Å²) in [6.07, 6.45) is 0.988. The highest BCUT2D eigenvalue weighted by Gasteiger charge is 2.56. The van der Waals surface area contributed by atoms with Gasteiger partial charge in [-0.1, -0.05) is 18.2 Å². The van der Waals surface area contributed by atoms with E-state index in [1.807, 2.05) is 30.3 Å². The highest BCUT2D eigenvalue weighted by Crippen LogP contribution is 2.41. The van der Waals surface area contributed by atoms with Gasteiger partial charge in [0, 0.05) is 25.4 Å². The van der Waals surface area contributed by atoms with Crippen LogP contribution in [0.15, 0.2) is 30.3 Å². The van der Waals surface area contributed by atoms with Gasteiger partial charge in [-0.25, -0.2) is 0 Å². The number of hydrogen-bond acceptors (Lipinski definition) is 4. The van der Waals surface area contributed by atoms with Crippen LogP contribution in [0.4, 0.5) is 0 Å². The van der Waals surface area contributed by atoms with Gasteiger partial charge in [-0.2, -0.15) is 0 Å². The molecular formula is C17H21NO5. The van der Waals surface area contributed by atoms with Gasteiger partial charge in [0.1, 0.15) is 11.2 Å². The summed E-state index contributed by atoms with van der Waals surface area (Å²) in [5, 5.41) is 9.48. The molecule has 0 aromatic heterocycles. The van der Waals surface area contributed by atoms with Crippen molar-refractivity contribution in [3.8, 4) is 5.75 Å². The third-order valence-corrected chi connectivity index (χ3v) is 4.70. The van der Waals surface area contributed by atoms with E-state index in [4.69, 9.17) is 9.47 Å². The molecule has 0 aliphatic carbocycles. The van der Waals surface area contributed by atoms with Crippen LogP contribution in [0, 0.1) is 11.3 Å². The summed E-state index contributed by atoms with van der Waals surface area (Å²) in [6, 6.07) is 9.47. The first-order valence-corrected chi connectivity index (χ1v) is 7.88. The van der Waals surface area contributed by atoms with Crippen LogP contribution in [-0.2, 0) is 14.3 Å². The zero-order valence-electron chi connectivity index (χ0n) is 12.9. The van der Waals surface area contributed by atoms with E-state index in [9.17, 15) is 14.7 Å². The molecule has 2 aliphatic heterocycles. The van der Waals surface area contributed by atoms with Crippen molar-refractivity contribution in [2.75, 3.05) is 32.9 Å². The van der Waals surface area contributed by atoms with Gasteiger partial charge in [0.15, 0.2) is 0 Å². The van der Waals surface area contributed by atoms with Crippen molar-refractivity contribution < 1.29 is 24.2 Å². The second-order valence-electron chi connectivity index (χ2n) is 6.21. The van der Waals surface area contributed by atoms with E-state index in [-0.39, 0.29) is 25.0 Å². The third kappa shape index (κ3) is 3.17. The standard InChI is InChI=1S/C17H21NO5/c19-15(7-4-8-23-14-5-2-1-3-6-14)18-9-13-10-22-12-17(13,11-18)16(20)21/h1-3,5-6,13H,4,7-12H2,(H,20,21)/t13-,17-/m1/s1. The molecule has 124 valence electrons. The molecule has 2 heterocycles. The maximum atomic E-state index is 12.3. The first-order valence-electron chi connectivity index (χ1n) is 7.88. The van der Waals surface area contributed by atoms with Crippen LogP contribution in [-0.4, -0.2) is 54.8 Å². The molecule has 2 aliphatic rings. The molecule has 0 spiro atoms. The summed E-state index contributed by atoms with van der Waals surface area (Å²) in [7, 11) is 0. The van der Waals surface area contributed by atoms with Crippen molar-refractivity contribution in [3.05, 3.63) is 30.3 Å². The van der Waals surface area contributed by atoms with E-state index in [2.05, 4.69) is 0 Å². The fourth-order valence-electron chi connectivity index (χ4n) is 3.32. The molecule has 1 aromatic rings. The Morgan fingerprint density at radius 1 is 1.35 bits per heavy atom. The summed E-state index contributed by atoms with van der Waals surface area (Å²) in [4.78, 5) is 25.5. The SMILES string of the molecule is O=C(CCCOc1ccccc1)N1C[C@@H]2COC[C@]2(C(=O)O)C1. The Labute approximate surface area is 135 Å². The van der Waals surface area contributed by atoms with Crippen molar-refractivity contribution in [1.29, 1.82) is 0 Å². The minimum absolute atomic E-state index is 0.00307. The van der Waals surface area contributed by atoms with Crippen LogP contribution in [0.2, 0.25) is 0 Å². The largest absolute Gasteiger partial charge is 0.494 e. The molecule has 2 fully saturated rings. The Hall–Kier alpha value is -2.08. The topological polar surface area (TPSA) is 76.1 Å². The van der Waals surface area contributed by atoms with Crippen molar-refractivity contribution in [1.82, 2.24) is 4.90 Å². The van der Waals surface area contributed by atoms with Crippen LogP contribution in [0.25, 0.3) is 0 Å². The smallest absolute Gasteiger partial charge is 0.314 e. The molecule has 1 N–H and O–H groups in total. The van der Waals surface area contributed by atoms with Crippen molar-refractivity contribution in [2.45, 2.75) is 12.8 Å². The molecule has 1 amide bonds. The fraction of sp³-hybridized carbons (Fsp3) is 0.529. The number of amides is 1. The lowest BCUT2D eigenvalue weighted by atomic mass is 9.81. The predicted octanol–water partition coefficient (Wildman–Crippen LogP) is 1.41. The molecule has 0 radical (unpaired) electrons. The Morgan fingerprint density at radius 3 is 2.83 bits per heavy atom. The first kappa shape index (κ1) is 15.8. The van der Waals surface area contributed by atoms with E-state index < -0.39 is 11.4 Å². The molecular weight excluding hydrogens is 298 g/mol. The Bertz CT molecular complexity index is 576. The zero-order chi connectivity index (χ0) is 16.3. The lowest BCUT2D eigenvalue weighted by Crippen LogP contribution is -2.40. The van der Waals surface area contributed by atoms with Gasteiger partial charge in [0.2, 0.25) is 5.91 Å². The number of rotatable bonds is 6. The Morgan fingerprint density at radius 2 is 2.13 bits per heavy atom. The second-order valence-corrected chi connectivity index (χ2v) is 6.21. The molecule has 6 nitrogen and oxygen atoms in total. The number of carbonyl (C=O) groups excluding carboxylic acids is 1. The van der Waals surface area contributed by atoms with Gasteiger partial charge in [-0.3, -0.25) is 9.59 Å². The van der Waals surface area contributed by atoms with Crippen molar-refractivity contribution in [3.63, 3.8) is 0 Å². The third-order valence-electron chi connectivity index (χ3n) is 4.70. The molecule has 6 heteroatoms. The summed E-state index contributed by atoms with van der Waals surface area (Å²) in [5.41, 5.74) is -0.907. The normalized spacial score (nSPS) is 26.1. The summed E-state index contributed by atoms with van der Waals surface area (Å²) < 4.78 is 10.9. The van der Waals surface area contributed by atoms with Gasteiger partial charge in [-0.05, 0) is 18.6 Å². The van der Waals surface area contributed by atoms with E-state index in [1.165, 1.54) is 0 Å². The molecule has 0 saturated carbocycles. The maximum Gasteiger partial charge on any atom is 0.314 e. The maximum absolute atomic E-state index is 12.3. The fourth-order valence-corrected chi connectivity index (χ4v) is 3.32.